The van der Waals surface area contributed by atoms with Gasteiger partial charge in [-0.1, -0.05) is 24.3 Å². The molecule has 0 heterocycles. The summed E-state index contributed by atoms with van der Waals surface area (Å²) in [6, 6.07) is 8.92. The fourth-order valence-electron chi connectivity index (χ4n) is 3.45. The first-order valence-electron chi connectivity index (χ1n) is 8.67. The molecule has 0 aliphatic heterocycles. The molecule has 3 N–H and O–H groups in total. The van der Waals surface area contributed by atoms with Crippen molar-refractivity contribution in [1.29, 1.82) is 0 Å². The van der Waals surface area contributed by atoms with Gasteiger partial charge in [-0.3, -0.25) is 4.79 Å². The molecule has 1 saturated carbocycles. The monoisotopic (exact) mass is 303 g/mol. The molecule has 0 unspecified atom stereocenters. The quantitative estimate of drug-likeness (QED) is 0.718. The number of carboxylic acids is 1. The number of rotatable bonds is 8. The second-order valence-electron chi connectivity index (χ2n) is 6.74. The normalized spacial score (nSPS) is 21.7. The van der Waals surface area contributed by atoms with Crippen LogP contribution in [0.25, 0.3) is 0 Å². The molecule has 1 aromatic rings. The lowest BCUT2D eigenvalue weighted by Crippen LogP contribution is -2.22. The highest BCUT2D eigenvalue weighted by atomic mass is 16.4. The van der Waals surface area contributed by atoms with Crippen LogP contribution in [0, 0.1) is 11.8 Å². The lowest BCUT2D eigenvalue weighted by Gasteiger charge is -2.27. The molecular weight excluding hydrogens is 274 g/mol. The lowest BCUT2D eigenvalue weighted by atomic mass is 9.79. The van der Waals surface area contributed by atoms with Crippen LogP contribution in [-0.2, 0) is 17.6 Å². The van der Waals surface area contributed by atoms with Gasteiger partial charge in [0.05, 0.1) is 0 Å². The van der Waals surface area contributed by atoms with Crippen molar-refractivity contribution in [3.05, 3.63) is 35.4 Å². The van der Waals surface area contributed by atoms with Gasteiger partial charge in [0.15, 0.2) is 0 Å². The third-order valence-electron chi connectivity index (χ3n) is 4.95. The Morgan fingerprint density at radius 2 is 1.59 bits per heavy atom. The van der Waals surface area contributed by atoms with Crippen LogP contribution < -0.4 is 5.73 Å². The Balaban J connectivity index is 1.71. The average molecular weight is 303 g/mol. The number of carbonyl (C=O) groups is 1. The van der Waals surface area contributed by atoms with Crippen molar-refractivity contribution in [3.63, 3.8) is 0 Å². The van der Waals surface area contributed by atoms with Gasteiger partial charge in [0.2, 0.25) is 0 Å². The van der Waals surface area contributed by atoms with E-state index in [1.54, 1.807) is 0 Å². The fraction of sp³-hybridized carbons (Fsp3) is 0.632. The number of aryl methyl sites for hydroxylation is 1. The summed E-state index contributed by atoms with van der Waals surface area (Å²) in [4.78, 5) is 10.5. The van der Waals surface area contributed by atoms with Crippen molar-refractivity contribution in [2.24, 2.45) is 17.6 Å². The summed E-state index contributed by atoms with van der Waals surface area (Å²) < 4.78 is 0. The standard InChI is InChI=1S/C19H29NO2/c20-14-18-11-9-17(10-12-18)13-16-7-5-15(6-8-16)3-1-2-4-19(21)22/h5-8,17-18H,1-4,9-14,20H2,(H,21,22). The van der Waals surface area contributed by atoms with E-state index in [9.17, 15) is 4.79 Å². The van der Waals surface area contributed by atoms with Crippen LogP contribution >= 0.6 is 0 Å². The van der Waals surface area contributed by atoms with Gasteiger partial charge in [-0.25, -0.2) is 0 Å². The number of hydrogen-bond donors (Lipinski definition) is 2. The zero-order chi connectivity index (χ0) is 15.8. The first-order chi connectivity index (χ1) is 10.7. The predicted octanol–water partition coefficient (Wildman–Crippen LogP) is 3.79. The number of benzene rings is 1. The average Bonchev–Trinajstić information content (AvgIpc) is 2.54. The molecule has 1 aliphatic rings. The first-order valence-corrected chi connectivity index (χ1v) is 8.67. The number of carboxylic acid groups (broad SMARTS) is 1. The van der Waals surface area contributed by atoms with E-state index in [4.69, 9.17) is 10.8 Å². The minimum Gasteiger partial charge on any atom is -0.481 e. The molecule has 2 rings (SSSR count). The maximum absolute atomic E-state index is 10.5. The highest BCUT2D eigenvalue weighted by Gasteiger charge is 2.20. The molecule has 0 amide bonds. The van der Waals surface area contributed by atoms with E-state index in [0.29, 0.717) is 0 Å². The predicted molar refractivity (Wildman–Crippen MR) is 89.8 cm³/mol. The molecular formula is C19H29NO2. The zero-order valence-electron chi connectivity index (χ0n) is 13.5. The first kappa shape index (κ1) is 17.0. The van der Waals surface area contributed by atoms with Gasteiger partial charge >= 0.3 is 5.97 Å². The van der Waals surface area contributed by atoms with Crippen molar-refractivity contribution in [2.75, 3.05) is 6.54 Å². The molecule has 1 aromatic carbocycles. The third kappa shape index (κ3) is 5.80. The Bertz CT molecular complexity index is 447. The maximum Gasteiger partial charge on any atom is 0.303 e. The van der Waals surface area contributed by atoms with E-state index < -0.39 is 5.97 Å². The summed E-state index contributed by atoms with van der Waals surface area (Å²) >= 11 is 0. The van der Waals surface area contributed by atoms with E-state index in [-0.39, 0.29) is 6.42 Å². The molecule has 122 valence electrons. The van der Waals surface area contributed by atoms with Crippen molar-refractivity contribution in [3.8, 4) is 0 Å². The largest absolute Gasteiger partial charge is 0.481 e. The Hall–Kier alpha value is -1.35. The van der Waals surface area contributed by atoms with Crippen molar-refractivity contribution in [1.82, 2.24) is 0 Å². The number of unbranched alkanes of at least 4 members (excludes halogenated alkanes) is 1. The van der Waals surface area contributed by atoms with Gasteiger partial charge in [0.25, 0.3) is 0 Å². The van der Waals surface area contributed by atoms with Crippen LogP contribution in [0.5, 0.6) is 0 Å². The summed E-state index contributed by atoms with van der Waals surface area (Å²) in [5.41, 5.74) is 8.51. The van der Waals surface area contributed by atoms with Crippen molar-refractivity contribution < 1.29 is 9.90 Å². The van der Waals surface area contributed by atoms with Gasteiger partial charge in [-0.05, 0) is 80.9 Å². The highest BCUT2D eigenvalue weighted by Crippen LogP contribution is 2.30. The molecule has 0 atom stereocenters. The SMILES string of the molecule is NCC1CCC(Cc2ccc(CCCCC(=O)O)cc2)CC1. The topological polar surface area (TPSA) is 63.3 Å². The Morgan fingerprint density at radius 3 is 2.18 bits per heavy atom. The van der Waals surface area contributed by atoms with E-state index in [0.717, 1.165) is 37.6 Å². The molecule has 0 bridgehead atoms. The molecule has 0 aromatic heterocycles. The van der Waals surface area contributed by atoms with Crippen LogP contribution in [0.3, 0.4) is 0 Å². The minimum atomic E-state index is -0.695. The summed E-state index contributed by atoms with van der Waals surface area (Å²) in [6.07, 6.45) is 9.40. The van der Waals surface area contributed by atoms with Crippen LogP contribution in [0.2, 0.25) is 0 Å². The molecule has 3 heteroatoms. The van der Waals surface area contributed by atoms with E-state index in [1.165, 1.54) is 43.2 Å². The van der Waals surface area contributed by atoms with Crippen LogP contribution in [-0.4, -0.2) is 17.6 Å². The van der Waals surface area contributed by atoms with Crippen LogP contribution in [0.1, 0.15) is 56.1 Å². The molecule has 22 heavy (non-hydrogen) atoms. The Kier molecular flexibility index (Phi) is 6.91. The van der Waals surface area contributed by atoms with Gasteiger partial charge in [-0.2, -0.15) is 0 Å². The van der Waals surface area contributed by atoms with Gasteiger partial charge in [0, 0.05) is 6.42 Å². The zero-order valence-corrected chi connectivity index (χ0v) is 13.5. The molecule has 3 nitrogen and oxygen atoms in total. The smallest absolute Gasteiger partial charge is 0.303 e. The lowest BCUT2D eigenvalue weighted by molar-refractivity contribution is -0.137. The summed E-state index contributed by atoms with van der Waals surface area (Å²) in [5, 5.41) is 8.63. The second kappa shape index (κ2) is 8.94. The van der Waals surface area contributed by atoms with Crippen LogP contribution in [0.4, 0.5) is 0 Å². The summed E-state index contributed by atoms with van der Waals surface area (Å²) in [7, 11) is 0. The van der Waals surface area contributed by atoms with Gasteiger partial charge in [-0.15, -0.1) is 0 Å². The Morgan fingerprint density at radius 1 is 1.00 bits per heavy atom. The maximum atomic E-state index is 10.5. The number of nitrogens with two attached hydrogens (primary N) is 1. The van der Waals surface area contributed by atoms with Gasteiger partial charge < -0.3 is 10.8 Å². The van der Waals surface area contributed by atoms with E-state index >= 15 is 0 Å². The second-order valence-corrected chi connectivity index (χ2v) is 6.74. The van der Waals surface area contributed by atoms with E-state index in [2.05, 4.69) is 24.3 Å². The summed E-state index contributed by atoms with van der Waals surface area (Å²) in [6.45, 7) is 0.850. The molecule has 1 fully saturated rings. The fourth-order valence-corrected chi connectivity index (χ4v) is 3.45. The van der Waals surface area contributed by atoms with Crippen molar-refractivity contribution in [2.45, 2.75) is 57.8 Å². The number of aliphatic carboxylic acids is 1. The molecule has 0 saturated heterocycles. The van der Waals surface area contributed by atoms with Crippen molar-refractivity contribution >= 4 is 5.97 Å². The summed E-state index contributed by atoms with van der Waals surface area (Å²) in [5.74, 6) is 0.883. The minimum absolute atomic E-state index is 0.281. The van der Waals surface area contributed by atoms with Gasteiger partial charge in [0.1, 0.15) is 0 Å². The molecule has 0 radical (unpaired) electrons. The number of hydrogen-bond acceptors (Lipinski definition) is 2. The Labute approximate surface area is 133 Å². The molecule has 0 spiro atoms. The van der Waals surface area contributed by atoms with E-state index in [1.807, 2.05) is 0 Å². The van der Waals surface area contributed by atoms with Crippen LogP contribution in [0.15, 0.2) is 24.3 Å². The third-order valence-corrected chi connectivity index (χ3v) is 4.95. The highest BCUT2D eigenvalue weighted by molar-refractivity contribution is 5.66. The molecule has 1 aliphatic carbocycles.